The van der Waals surface area contributed by atoms with Gasteiger partial charge in [-0.15, -0.1) is 0 Å². The third-order valence-electron chi connectivity index (χ3n) is 6.14. The highest BCUT2D eigenvalue weighted by molar-refractivity contribution is 5.88. The molecule has 2 N–H and O–H groups in total. The van der Waals surface area contributed by atoms with E-state index in [0.29, 0.717) is 0 Å². The number of hydrogen-bond donors (Lipinski definition) is 1. The summed E-state index contributed by atoms with van der Waals surface area (Å²) in [6, 6.07) is 28.8. The van der Waals surface area contributed by atoms with Gasteiger partial charge in [0, 0.05) is 5.92 Å². The summed E-state index contributed by atoms with van der Waals surface area (Å²) in [6.07, 6.45) is -0.771. The molecule has 33 heavy (non-hydrogen) atoms. The van der Waals surface area contributed by atoms with Gasteiger partial charge in [0.05, 0.1) is 0 Å². The van der Waals surface area contributed by atoms with Crippen LogP contribution in [0.1, 0.15) is 22.6 Å². The first-order valence-corrected chi connectivity index (χ1v) is 10.9. The molecule has 0 saturated heterocycles. The van der Waals surface area contributed by atoms with E-state index in [1.807, 2.05) is 78.9 Å². The molecule has 5 heteroatoms. The van der Waals surface area contributed by atoms with Crippen molar-refractivity contribution in [3.8, 4) is 11.1 Å². The van der Waals surface area contributed by atoms with Gasteiger partial charge >= 0.3 is 12.1 Å². The summed E-state index contributed by atoms with van der Waals surface area (Å²) >= 11 is 0. The predicted molar refractivity (Wildman–Crippen MR) is 127 cm³/mol. The largest absolute Gasteiger partial charge is 0.516 e. The zero-order valence-corrected chi connectivity index (χ0v) is 17.9. The highest BCUT2D eigenvalue weighted by Gasteiger charge is 2.30. The van der Waals surface area contributed by atoms with Crippen molar-refractivity contribution in [3.05, 3.63) is 108 Å². The van der Waals surface area contributed by atoms with Gasteiger partial charge in [0.1, 0.15) is 12.6 Å². The van der Waals surface area contributed by atoms with Gasteiger partial charge in [-0.3, -0.25) is 0 Å². The van der Waals surface area contributed by atoms with Crippen LogP contribution < -0.4 is 5.73 Å². The molecular weight excluding hydrogens is 414 g/mol. The summed E-state index contributed by atoms with van der Waals surface area (Å²) in [4.78, 5) is 24.7. The third kappa shape index (κ3) is 4.11. The topological polar surface area (TPSA) is 78.6 Å². The van der Waals surface area contributed by atoms with Crippen molar-refractivity contribution in [2.75, 3.05) is 6.61 Å². The maximum absolute atomic E-state index is 12.4. The van der Waals surface area contributed by atoms with Crippen LogP contribution in [0.3, 0.4) is 0 Å². The zero-order valence-electron chi connectivity index (χ0n) is 17.9. The standard InChI is InChI=1S/C28H23NO4/c29-26(16-19-10-7-9-18-8-1-2-11-20(18)19)27(30)33-28(31)32-17-25-23-14-5-3-12-21(23)22-13-4-6-15-24(22)25/h1-15,25-26H,16-17,29H2/t26-/m0/s1. The smallest absolute Gasteiger partial charge is 0.433 e. The Kier molecular flexibility index (Phi) is 5.63. The monoisotopic (exact) mass is 437 g/mol. The van der Waals surface area contributed by atoms with Crippen LogP contribution in [0.2, 0.25) is 0 Å². The SMILES string of the molecule is N[C@@H](Cc1cccc2ccccc12)C(=O)OC(=O)OCC1c2ccccc2-c2ccccc21. The molecule has 4 aromatic rings. The molecule has 0 aliphatic heterocycles. The lowest BCUT2D eigenvalue weighted by molar-refractivity contribution is -0.141. The Morgan fingerprint density at radius 1 is 0.788 bits per heavy atom. The summed E-state index contributed by atoms with van der Waals surface area (Å²) in [6.45, 7) is 0.0820. The number of fused-ring (bicyclic) bond motifs is 4. The van der Waals surface area contributed by atoms with E-state index in [-0.39, 0.29) is 18.9 Å². The van der Waals surface area contributed by atoms with Gasteiger partial charge in [0.15, 0.2) is 0 Å². The van der Waals surface area contributed by atoms with Gasteiger partial charge in [-0.2, -0.15) is 0 Å². The van der Waals surface area contributed by atoms with E-state index in [4.69, 9.17) is 15.2 Å². The Balaban J connectivity index is 1.22. The Labute approximate surface area is 191 Å². The molecule has 1 atom stereocenters. The first-order valence-electron chi connectivity index (χ1n) is 10.9. The van der Waals surface area contributed by atoms with Crippen LogP contribution in [-0.2, 0) is 20.7 Å². The van der Waals surface area contributed by atoms with Gasteiger partial charge in [-0.25, -0.2) is 9.59 Å². The predicted octanol–water partition coefficient (Wildman–Crippen LogP) is 5.20. The molecule has 0 aromatic heterocycles. The van der Waals surface area contributed by atoms with Gasteiger partial charge in [0.25, 0.3) is 0 Å². The van der Waals surface area contributed by atoms with E-state index in [1.54, 1.807) is 0 Å². The summed E-state index contributed by atoms with van der Waals surface area (Å²) in [5.74, 6) is -0.912. The molecule has 0 bridgehead atoms. The fourth-order valence-electron chi connectivity index (χ4n) is 4.57. The number of carbonyl (C=O) groups is 2. The number of benzene rings is 4. The minimum Gasteiger partial charge on any atom is -0.433 e. The number of carbonyl (C=O) groups excluding carboxylic acids is 2. The van der Waals surface area contributed by atoms with Crippen LogP contribution in [-0.4, -0.2) is 24.8 Å². The molecular formula is C28H23NO4. The van der Waals surface area contributed by atoms with Gasteiger partial charge in [0.2, 0.25) is 0 Å². The summed E-state index contributed by atoms with van der Waals surface area (Å²) in [7, 11) is 0. The Morgan fingerprint density at radius 2 is 1.39 bits per heavy atom. The molecule has 0 heterocycles. The molecule has 0 spiro atoms. The van der Waals surface area contributed by atoms with Gasteiger partial charge < -0.3 is 15.2 Å². The normalized spacial score (nSPS) is 13.2. The summed E-state index contributed by atoms with van der Waals surface area (Å²) in [5, 5.41) is 2.08. The molecule has 5 nitrogen and oxygen atoms in total. The summed E-state index contributed by atoms with van der Waals surface area (Å²) in [5.41, 5.74) is 11.4. The molecule has 4 aromatic carbocycles. The van der Waals surface area contributed by atoms with Crippen molar-refractivity contribution in [3.63, 3.8) is 0 Å². The van der Waals surface area contributed by atoms with Crippen LogP contribution in [0, 0.1) is 0 Å². The molecule has 1 aliphatic carbocycles. The lowest BCUT2D eigenvalue weighted by Gasteiger charge is -2.15. The number of rotatable bonds is 5. The number of nitrogens with two attached hydrogens (primary N) is 1. The first-order chi connectivity index (χ1) is 16.1. The first kappa shape index (κ1) is 20.9. The minimum atomic E-state index is -1.03. The third-order valence-corrected chi connectivity index (χ3v) is 6.14. The Hall–Kier alpha value is -3.96. The van der Waals surface area contributed by atoms with E-state index in [2.05, 4.69) is 12.1 Å². The second kappa shape index (κ2) is 8.88. The van der Waals surface area contributed by atoms with E-state index < -0.39 is 18.2 Å². The molecule has 0 fully saturated rings. The van der Waals surface area contributed by atoms with Crippen molar-refractivity contribution in [1.29, 1.82) is 0 Å². The number of ether oxygens (including phenoxy) is 2. The van der Waals surface area contributed by atoms with E-state index in [1.165, 1.54) is 0 Å². The van der Waals surface area contributed by atoms with Crippen LogP contribution >= 0.6 is 0 Å². The molecule has 0 unspecified atom stereocenters. The second-order valence-electron chi connectivity index (χ2n) is 8.16. The van der Waals surface area contributed by atoms with Crippen molar-refractivity contribution in [2.24, 2.45) is 5.73 Å². The molecule has 0 radical (unpaired) electrons. The summed E-state index contributed by atoms with van der Waals surface area (Å²) < 4.78 is 10.3. The van der Waals surface area contributed by atoms with Gasteiger partial charge in [-0.1, -0.05) is 91.0 Å². The van der Waals surface area contributed by atoms with Crippen LogP contribution in [0.15, 0.2) is 91.0 Å². The van der Waals surface area contributed by atoms with Crippen molar-refractivity contribution < 1.29 is 19.1 Å². The highest BCUT2D eigenvalue weighted by atomic mass is 16.7. The van der Waals surface area contributed by atoms with Crippen molar-refractivity contribution in [1.82, 2.24) is 0 Å². The number of esters is 1. The molecule has 0 saturated carbocycles. The maximum atomic E-state index is 12.4. The molecule has 1 aliphatic rings. The fourth-order valence-corrected chi connectivity index (χ4v) is 4.57. The van der Waals surface area contributed by atoms with Crippen LogP contribution in [0.5, 0.6) is 0 Å². The average molecular weight is 437 g/mol. The van der Waals surface area contributed by atoms with Crippen LogP contribution in [0.25, 0.3) is 21.9 Å². The quantitative estimate of drug-likeness (QED) is 0.343. The maximum Gasteiger partial charge on any atom is 0.516 e. The van der Waals surface area contributed by atoms with E-state index in [9.17, 15) is 9.59 Å². The second-order valence-corrected chi connectivity index (χ2v) is 8.16. The molecule has 164 valence electrons. The zero-order chi connectivity index (χ0) is 22.8. The Bertz CT molecular complexity index is 1300. The highest BCUT2D eigenvalue weighted by Crippen LogP contribution is 2.44. The lowest BCUT2D eigenvalue weighted by atomic mass is 9.98. The van der Waals surface area contributed by atoms with E-state index in [0.717, 1.165) is 38.6 Å². The Morgan fingerprint density at radius 3 is 2.12 bits per heavy atom. The van der Waals surface area contributed by atoms with Crippen molar-refractivity contribution in [2.45, 2.75) is 18.4 Å². The number of hydrogen-bond acceptors (Lipinski definition) is 5. The average Bonchev–Trinajstić information content (AvgIpc) is 3.16. The van der Waals surface area contributed by atoms with Gasteiger partial charge in [-0.05, 0) is 45.0 Å². The van der Waals surface area contributed by atoms with Crippen LogP contribution in [0.4, 0.5) is 4.79 Å². The lowest BCUT2D eigenvalue weighted by Crippen LogP contribution is -2.36. The fraction of sp³-hybridized carbons (Fsp3) is 0.143. The molecule has 5 rings (SSSR count). The van der Waals surface area contributed by atoms with Crippen molar-refractivity contribution >= 4 is 22.9 Å². The minimum absolute atomic E-state index is 0.0820. The molecule has 0 amide bonds. The van der Waals surface area contributed by atoms with E-state index >= 15 is 0 Å².